The third-order valence-electron chi connectivity index (χ3n) is 6.56. The van der Waals surface area contributed by atoms with Gasteiger partial charge in [-0.25, -0.2) is 0 Å². The molecule has 0 saturated heterocycles. The van der Waals surface area contributed by atoms with E-state index >= 15 is 0 Å². The summed E-state index contributed by atoms with van der Waals surface area (Å²) >= 11 is 2.46. The summed E-state index contributed by atoms with van der Waals surface area (Å²) in [4.78, 5) is 26.9. The minimum absolute atomic E-state index is 0.0199. The molecule has 40 heavy (non-hydrogen) atoms. The van der Waals surface area contributed by atoms with Crippen molar-refractivity contribution in [1.29, 1.82) is 5.26 Å². The molecule has 1 aliphatic heterocycles. The molecule has 2 heterocycles. The standard InChI is InChI=1S/C29H27N5O4S2/c1-2-37-24(36)17-39-29-33-32-28(40-29)34-22-12-7-13-23(35)26(22)25(21(15-30)27(34)31)19-10-6-11-20(14-19)38-16-18-8-4-3-5-9-18/h3-6,8-11,14,25H,2,7,12-13,16-17,31H2,1H3. The number of nitrogens with two attached hydrogens (primary N) is 1. The minimum Gasteiger partial charge on any atom is -0.489 e. The number of ether oxygens (including phenoxy) is 2. The second-order valence-electron chi connectivity index (χ2n) is 9.11. The SMILES string of the molecule is CCOC(=O)CSc1nnc(N2C(N)=C(C#N)C(c3cccc(OCc4ccccc4)c3)C3=C2CCCC3=O)s1. The highest BCUT2D eigenvalue weighted by molar-refractivity contribution is 8.01. The lowest BCUT2D eigenvalue weighted by Crippen LogP contribution is -2.38. The molecule has 2 N–H and O–H groups in total. The van der Waals surface area contributed by atoms with Gasteiger partial charge < -0.3 is 15.2 Å². The Morgan fingerprint density at radius 2 is 2.02 bits per heavy atom. The van der Waals surface area contributed by atoms with E-state index in [0.29, 0.717) is 53.3 Å². The first-order valence-corrected chi connectivity index (χ1v) is 14.6. The Kier molecular flexibility index (Phi) is 8.48. The maximum Gasteiger partial charge on any atom is 0.316 e. The van der Waals surface area contributed by atoms with Gasteiger partial charge in [0.15, 0.2) is 10.1 Å². The van der Waals surface area contributed by atoms with Crippen molar-refractivity contribution in [2.24, 2.45) is 5.73 Å². The molecule has 3 aromatic rings. The Bertz CT molecular complexity index is 1530. The lowest BCUT2D eigenvalue weighted by atomic mass is 9.76. The molecule has 9 nitrogen and oxygen atoms in total. The fourth-order valence-corrected chi connectivity index (χ4v) is 6.52. The molecule has 2 aromatic carbocycles. The van der Waals surface area contributed by atoms with Gasteiger partial charge in [-0.3, -0.25) is 14.5 Å². The highest BCUT2D eigenvalue weighted by atomic mass is 32.2. The zero-order chi connectivity index (χ0) is 28.1. The molecule has 2 aliphatic rings. The van der Waals surface area contributed by atoms with Gasteiger partial charge in [-0.05, 0) is 43.0 Å². The second kappa shape index (κ2) is 12.4. The summed E-state index contributed by atoms with van der Waals surface area (Å²) in [6, 6.07) is 19.6. The van der Waals surface area contributed by atoms with Crippen molar-refractivity contribution in [2.45, 2.75) is 43.1 Å². The van der Waals surface area contributed by atoms with Gasteiger partial charge in [-0.2, -0.15) is 5.26 Å². The number of benzene rings is 2. The summed E-state index contributed by atoms with van der Waals surface area (Å²) in [7, 11) is 0. The molecule has 11 heteroatoms. The predicted molar refractivity (Wildman–Crippen MR) is 152 cm³/mol. The van der Waals surface area contributed by atoms with Crippen LogP contribution in [0.25, 0.3) is 0 Å². The third kappa shape index (κ3) is 5.73. The third-order valence-corrected chi connectivity index (χ3v) is 8.57. The van der Waals surface area contributed by atoms with E-state index in [1.165, 1.54) is 23.1 Å². The maximum atomic E-state index is 13.4. The van der Waals surface area contributed by atoms with E-state index in [0.717, 1.165) is 16.8 Å². The number of thioether (sulfide) groups is 1. The lowest BCUT2D eigenvalue weighted by Gasteiger charge is -2.38. The van der Waals surface area contributed by atoms with Crippen molar-refractivity contribution in [2.75, 3.05) is 17.3 Å². The van der Waals surface area contributed by atoms with Gasteiger partial charge in [-0.15, -0.1) is 10.2 Å². The van der Waals surface area contributed by atoms with Gasteiger partial charge in [0.1, 0.15) is 18.2 Å². The van der Waals surface area contributed by atoms with Crippen LogP contribution in [0, 0.1) is 11.3 Å². The summed E-state index contributed by atoms with van der Waals surface area (Å²) in [5.74, 6) is -0.0151. The molecule has 5 rings (SSSR count). The second-order valence-corrected chi connectivity index (χ2v) is 11.3. The number of anilines is 1. The number of nitriles is 1. The fraction of sp³-hybridized carbons (Fsp3) is 0.276. The molecule has 0 fully saturated rings. The summed E-state index contributed by atoms with van der Waals surface area (Å²) in [6.45, 7) is 2.45. The largest absolute Gasteiger partial charge is 0.489 e. The molecule has 1 atom stereocenters. The monoisotopic (exact) mass is 573 g/mol. The number of nitrogens with zero attached hydrogens (tertiary/aromatic N) is 4. The van der Waals surface area contributed by atoms with E-state index in [-0.39, 0.29) is 28.9 Å². The highest BCUT2D eigenvalue weighted by Gasteiger charge is 2.41. The predicted octanol–water partition coefficient (Wildman–Crippen LogP) is 5.08. The average molecular weight is 574 g/mol. The number of carbonyl (C=O) groups excluding carboxylic acids is 2. The smallest absolute Gasteiger partial charge is 0.316 e. The van der Waals surface area contributed by atoms with Crippen LogP contribution in [0.4, 0.5) is 5.13 Å². The first-order chi connectivity index (χ1) is 19.5. The van der Waals surface area contributed by atoms with E-state index < -0.39 is 5.92 Å². The molecule has 1 aromatic heterocycles. The molecule has 0 radical (unpaired) electrons. The summed E-state index contributed by atoms with van der Waals surface area (Å²) in [5, 5.41) is 19.2. The summed E-state index contributed by atoms with van der Waals surface area (Å²) in [5.41, 5.74) is 9.99. The number of aromatic nitrogens is 2. The van der Waals surface area contributed by atoms with Crippen LogP contribution in [0.2, 0.25) is 0 Å². The molecule has 0 amide bonds. The molecule has 0 bridgehead atoms. The maximum absolute atomic E-state index is 13.4. The molecule has 0 saturated carbocycles. The van der Waals surface area contributed by atoms with Crippen molar-refractivity contribution >= 4 is 40.0 Å². The highest BCUT2D eigenvalue weighted by Crippen LogP contribution is 2.47. The van der Waals surface area contributed by atoms with Crippen LogP contribution in [0.1, 0.15) is 43.2 Å². The lowest BCUT2D eigenvalue weighted by molar-refractivity contribution is -0.139. The van der Waals surface area contributed by atoms with Crippen LogP contribution < -0.4 is 15.4 Å². The van der Waals surface area contributed by atoms with Crippen LogP contribution in [0.5, 0.6) is 5.75 Å². The Hall–Kier alpha value is -4.14. The molecule has 0 spiro atoms. The van der Waals surface area contributed by atoms with Crippen LogP contribution in [0.15, 0.2) is 81.6 Å². The summed E-state index contributed by atoms with van der Waals surface area (Å²) in [6.07, 6.45) is 1.66. The Morgan fingerprint density at radius 1 is 1.20 bits per heavy atom. The van der Waals surface area contributed by atoms with Gasteiger partial charge in [0.2, 0.25) is 5.13 Å². The van der Waals surface area contributed by atoms with Crippen molar-refractivity contribution in [3.63, 3.8) is 0 Å². The number of ketones is 1. The van der Waals surface area contributed by atoms with Gasteiger partial charge in [0.05, 0.1) is 29.9 Å². The molecule has 1 aliphatic carbocycles. The zero-order valence-corrected chi connectivity index (χ0v) is 23.5. The van der Waals surface area contributed by atoms with E-state index in [4.69, 9.17) is 15.2 Å². The number of carbonyl (C=O) groups is 2. The Balaban J connectivity index is 1.48. The molecule has 1 unspecified atom stereocenters. The van der Waals surface area contributed by atoms with E-state index in [9.17, 15) is 14.9 Å². The normalized spacial score (nSPS) is 16.9. The van der Waals surface area contributed by atoms with Gasteiger partial charge in [-0.1, -0.05) is 65.6 Å². The van der Waals surface area contributed by atoms with E-state index in [1.807, 2.05) is 54.6 Å². The van der Waals surface area contributed by atoms with Crippen LogP contribution >= 0.6 is 23.1 Å². The average Bonchev–Trinajstić information content (AvgIpc) is 3.44. The first kappa shape index (κ1) is 27.4. The van der Waals surface area contributed by atoms with Gasteiger partial charge in [0.25, 0.3) is 0 Å². The Morgan fingerprint density at radius 3 is 2.80 bits per heavy atom. The molecular formula is C29H27N5O4S2. The van der Waals surface area contributed by atoms with Crippen molar-refractivity contribution in [3.05, 3.63) is 88.4 Å². The van der Waals surface area contributed by atoms with Crippen molar-refractivity contribution in [3.8, 4) is 11.8 Å². The van der Waals surface area contributed by atoms with Crippen molar-refractivity contribution in [1.82, 2.24) is 10.2 Å². The first-order valence-electron chi connectivity index (χ1n) is 12.8. The number of hydrogen-bond donors (Lipinski definition) is 1. The van der Waals surface area contributed by atoms with Crippen LogP contribution in [-0.2, 0) is 20.9 Å². The number of allylic oxidation sites excluding steroid dienone is 3. The molecular weight excluding hydrogens is 546 g/mol. The number of hydrogen-bond acceptors (Lipinski definition) is 11. The van der Waals surface area contributed by atoms with Crippen LogP contribution in [-0.4, -0.2) is 34.3 Å². The van der Waals surface area contributed by atoms with Gasteiger partial charge in [0, 0.05) is 17.7 Å². The van der Waals surface area contributed by atoms with Crippen LogP contribution in [0.3, 0.4) is 0 Å². The van der Waals surface area contributed by atoms with E-state index in [1.54, 1.807) is 11.8 Å². The van der Waals surface area contributed by atoms with Crippen molar-refractivity contribution < 1.29 is 19.1 Å². The topological polar surface area (TPSA) is 131 Å². The van der Waals surface area contributed by atoms with E-state index in [2.05, 4.69) is 16.3 Å². The number of esters is 1. The fourth-order valence-electron chi connectivity index (χ4n) is 4.84. The van der Waals surface area contributed by atoms with Gasteiger partial charge >= 0.3 is 5.97 Å². The zero-order valence-electron chi connectivity index (χ0n) is 21.8. The molecule has 204 valence electrons. The number of Topliss-reactive ketones (excluding diaryl/α,β-unsaturated/α-hetero) is 1. The quantitative estimate of drug-likeness (QED) is 0.273. The number of rotatable bonds is 9. The minimum atomic E-state index is -0.616. The summed E-state index contributed by atoms with van der Waals surface area (Å²) < 4.78 is 11.6. The Labute approximate surface area is 240 Å².